The number of hydrogen-bond donors (Lipinski definition) is 1. The average Bonchev–Trinajstić information content (AvgIpc) is 2.72. The van der Waals surface area contributed by atoms with Crippen molar-refractivity contribution in [2.75, 3.05) is 25.0 Å². The molecule has 1 unspecified atom stereocenters. The lowest BCUT2D eigenvalue weighted by Gasteiger charge is -2.28. The molecule has 1 atom stereocenters. The van der Waals surface area contributed by atoms with Crippen LogP contribution >= 0.6 is 11.6 Å². The van der Waals surface area contributed by atoms with Gasteiger partial charge in [0.2, 0.25) is 0 Å². The Bertz CT molecular complexity index is 968. The molecule has 0 spiro atoms. The molecule has 3 rings (SSSR count). The van der Waals surface area contributed by atoms with Crippen molar-refractivity contribution in [1.82, 2.24) is 10.4 Å². The molecule has 0 fully saturated rings. The summed E-state index contributed by atoms with van der Waals surface area (Å²) < 4.78 is 0. The van der Waals surface area contributed by atoms with Crippen LogP contribution in [0.15, 0.2) is 58.9 Å². The number of rotatable bonds is 7. The molecule has 146 valence electrons. The quantitative estimate of drug-likeness (QED) is 0.391. The molecule has 1 heterocycles. The first kappa shape index (κ1) is 20.1. The smallest absolute Gasteiger partial charge is 0.135 e. The summed E-state index contributed by atoms with van der Waals surface area (Å²) >= 11 is 6.36. The molecule has 0 aliphatic carbocycles. The second-order valence-electron chi connectivity index (χ2n) is 6.57. The van der Waals surface area contributed by atoms with Crippen LogP contribution in [0.2, 0.25) is 5.02 Å². The first-order chi connectivity index (χ1) is 13.6. The monoisotopic (exact) mass is 395 g/mol. The van der Waals surface area contributed by atoms with Crippen molar-refractivity contribution in [2.45, 2.75) is 26.8 Å². The Morgan fingerprint density at radius 3 is 2.46 bits per heavy atom. The van der Waals surface area contributed by atoms with Gasteiger partial charge in [0.25, 0.3) is 0 Å². The lowest BCUT2D eigenvalue weighted by Crippen LogP contribution is -2.27. The molecule has 3 aromatic rings. The summed E-state index contributed by atoms with van der Waals surface area (Å²) in [4.78, 5) is 7.30. The van der Waals surface area contributed by atoms with Crippen LogP contribution < -0.4 is 10.3 Å². The molecule has 6 heteroatoms. The molecule has 0 radical (unpaired) electrons. The number of benzene rings is 2. The van der Waals surface area contributed by atoms with Crippen LogP contribution in [0.3, 0.4) is 0 Å². The minimum Gasteiger partial charge on any atom is -0.357 e. The Kier molecular flexibility index (Phi) is 6.47. The fourth-order valence-electron chi connectivity index (χ4n) is 3.54. The van der Waals surface area contributed by atoms with E-state index in [9.17, 15) is 0 Å². The van der Waals surface area contributed by atoms with Crippen molar-refractivity contribution in [3.63, 3.8) is 0 Å². The van der Waals surface area contributed by atoms with E-state index >= 15 is 0 Å². The van der Waals surface area contributed by atoms with Gasteiger partial charge >= 0.3 is 0 Å². The number of anilines is 1. The van der Waals surface area contributed by atoms with Gasteiger partial charge in [0, 0.05) is 34.6 Å². The number of aromatic nitrogens is 1. The molecule has 2 aromatic carbocycles. The summed E-state index contributed by atoms with van der Waals surface area (Å²) in [6.45, 7) is 8.11. The lowest BCUT2D eigenvalue weighted by molar-refractivity contribution is 0.573. The summed E-state index contributed by atoms with van der Waals surface area (Å²) in [7, 11) is 1.65. The third kappa shape index (κ3) is 3.94. The van der Waals surface area contributed by atoms with Crippen LogP contribution in [0.1, 0.15) is 32.4 Å². The molecule has 0 aliphatic heterocycles. The number of hydrogen-bond acceptors (Lipinski definition) is 4. The van der Waals surface area contributed by atoms with E-state index in [2.05, 4.69) is 65.7 Å². The molecular formula is C22H26ClN5. The van der Waals surface area contributed by atoms with Crippen LogP contribution in [0.4, 0.5) is 5.82 Å². The summed E-state index contributed by atoms with van der Waals surface area (Å²) in [6.07, 6.45) is 0. The average molecular weight is 396 g/mol. The van der Waals surface area contributed by atoms with E-state index in [1.807, 2.05) is 24.3 Å². The molecule has 1 N–H and O–H groups in total. The molecule has 0 bridgehead atoms. The van der Waals surface area contributed by atoms with Crippen molar-refractivity contribution in [3.8, 4) is 11.1 Å². The third-order valence-electron chi connectivity index (χ3n) is 4.87. The van der Waals surface area contributed by atoms with E-state index in [-0.39, 0.29) is 6.04 Å². The Balaban J connectivity index is 2.42. The number of pyridine rings is 1. The topological polar surface area (TPSA) is 52.9 Å². The van der Waals surface area contributed by atoms with E-state index in [4.69, 9.17) is 16.6 Å². The minimum atomic E-state index is -0.0783. The molecule has 0 saturated carbocycles. The van der Waals surface area contributed by atoms with Crippen molar-refractivity contribution >= 4 is 28.3 Å². The largest absolute Gasteiger partial charge is 0.357 e. The van der Waals surface area contributed by atoms with Crippen molar-refractivity contribution in [2.24, 2.45) is 10.3 Å². The second kappa shape index (κ2) is 9.02. The molecule has 28 heavy (non-hydrogen) atoms. The first-order valence-electron chi connectivity index (χ1n) is 9.58. The second-order valence-corrected chi connectivity index (χ2v) is 7.01. The highest BCUT2D eigenvalue weighted by Crippen LogP contribution is 2.40. The van der Waals surface area contributed by atoms with Crippen molar-refractivity contribution in [1.29, 1.82) is 0 Å². The highest BCUT2D eigenvalue weighted by molar-refractivity contribution is 6.31. The fourth-order valence-corrected chi connectivity index (χ4v) is 3.71. The van der Waals surface area contributed by atoms with Crippen LogP contribution in [0.5, 0.6) is 0 Å². The zero-order valence-electron chi connectivity index (χ0n) is 16.8. The molecule has 0 aliphatic rings. The Morgan fingerprint density at radius 1 is 1.11 bits per heavy atom. The van der Waals surface area contributed by atoms with Crippen LogP contribution in [-0.2, 0) is 0 Å². The van der Waals surface area contributed by atoms with Gasteiger partial charge in [0.05, 0.1) is 18.6 Å². The Hall–Kier alpha value is -2.66. The van der Waals surface area contributed by atoms with Gasteiger partial charge < -0.3 is 4.90 Å². The summed E-state index contributed by atoms with van der Waals surface area (Å²) in [5.41, 5.74) is 7.42. The predicted molar refractivity (Wildman–Crippen MR) is 118 cm³/mol. The minimum absolute atomic E-state index is 0.0783. The molecule has 5 nitrogen and oxygen atoms in total. The van der Waals surface area contributed by atoms with Crippen LogP contribution in [-0.4, -0.2) is 25.1 Å². The van der Waals surface area contributed by atoms with Gasteiger partial charge in [0.1, 0.15) is 5.82 Å². The van der Waals surface area contributed by atoms with E-state index in [1.165, 1.54) is 0 Å². The highest BCUT2D eigenvalue weighted by Gasteiger charge is 2.24. The maximum absolute atomic E-state index is 6.36. The molecular weight excluding hydrogens is 370 g/mol. The summed E-state index contributed by atoms with van der Waals surface area (Å²) in [5.74, 6) is 0.963. The highest BCUT2D eigenvalue weighted by atomic mass is 35.5. The van der Waals surface area contributed by atoms with Gasteiger partial charge in [-0.25, -0.2) is 4.98 Å². The normalized spacial score (nSPS) is 12.5. The van der Waals surface area contributed by atoms with Crippen LogP contribution in [0.25, 0.3) is 22.0 Å². The standard InChI is InChI=1S/C22H26ClN5/c1-5-28(6-2)22-20(15(3)26-27-24-4)21(16-10-8-7-9-11-16)18-14-17(23)12-13-19(18)25-22/h7-15H,5-6H2,1-4H3,(H,24,26). The van der Waals surface area contributed by atoms with E-state index in [1.54, 1.807) is 7.05 Å². The Labute approximate surface area is 171 Å². The lowest BCUT2D eigenvalue weighted by atomic mass is 9.92. The molecule has 0 amide bonds. The van der Waals surface area contributed by atoms with Gasteiger partial charge in [0.15, 0.2) is 0 Å². The maximum Gasteiger partial charge on any atom is 0.135 e. The number of halogens is 1. The SMILES string of the molecule is CCN(CC)c1nc2ccc(Cl)cc2c(-c2ccccc2)c1C(C)N/N=N\C. The third-order valence-corrected chi connectivity index (χ3v) is 5.11. The number of fused-ring (bicyclic) bond motifs is 1. The van der Waals surface area contributed by atoms with E-state index in [0.717, 1.165) is 46.5 Å². The Morgan fingerprint density at radius 2 is 1.82 bits per heavy atom. The van der Waals surface area contributed by atoms with E-state index in [0.29, 0.717) is 5.02 Å². The number of nitrogens with zero attached hydrogens (tertiary/aromatic N) is 4. The summed E-state index contributed by atoms with van der Waals surface area (Å²) in [6, 6.07) is 16.2. The van der Waals surface area contributed by atoms with Crippen LogP contribution in [0, 0.1) is 0 Å². The van der Waals surface area contributed by atoms with Crippen molar-refractivity contribution in [3.05, 3.63) is 59.1 Å². The first-order valence-corrected chi connectivity index (χ1v) is 9.96. The number of nitrogens with one attached hydrogen (secondary N) is 1. The fraction of sp³-hybridized carbons (Fsp3) is 0.318. The van der Waals surface area contributed by atoms with Gasteiger partial charge in [-0.2, -0.15) is 5.11 Å². The van der Waals surface area contributed by atoms with Gasteiger partial charge in [-0.1, -0.05) is 47.2 Å². The van der Waals surface area contributed by atoms with E-state index < -0.39 is 0 Å². The van der Waals surface area contributed by atoms with Gasteiger partial charge in [-0.05, 0) is 44.5 Å². The van der Waals surface area contributed by atoms with Crippen molar-refractivity contribution < 1.29 is 0 Å². The molecule has 0 saturated heterocycles. The zero-order valence-corrected chi connectivity index (χ0v) is 17.5. The predicted octanol–water partition coefficient (Wildman–Crippen LogP) is 6.05. The van der Waals surface area contributed by atoms with Gasteiger partial charge in [-0.3, -0.25) is 5.43 Å². The van der Waals surface area contributed by atoms with Gasteiger partial charge in [-0.15, -0.1) is 0 Å². The molecule has 1 aromatic heterocycles. The zero-order chi connectivity index (χ0) is 20.1. The summed E-state index contributed by atoms with van der Waals surface area (Å²) in [5, 5.41) is 9.62. The maximum atomic E-state index is 6.36.